The van der Waals surface area contributed by atoms with Crippen molar-refractivity contribution in [2.45, 2.75) is 33.2 Å². The Morgan fingerprint density at radius 3 is 2.53 bits per heavy atom. The van der Waals surface area contributed by atoms with Gasteiger partial charge in [-0.3, -0.25) is 14.9 Å². The van der Waals surface area contributed by atoms with Crippen molar-refractivity contribution < 1.29 is 9.72 Å². The minimum atomic E-state index is -0.567. The van der Waals surface area contributed by atoms with Crippen LogP contribution in [0.4, 0.5) is 5.69 Å². The predicted octanol–water partition coefficient (Wildman–Crippen LogP) is 3.51. The predicted molar refractivity (Wildman–Crippen MR) is 74.6 cm³/mol. The second kappa shape index (κ2) is 6.52. The molecule has 0 saturated carbocycles. The van der Waals surface area contributed by atoms with E-state index in [-0.39, 0.29) is 22.7 Å². The zero-order valence-electron chi connectivity index (χ0n) is 11.2. The van der Waals surface area contributed by atoms with Gasteiger partial charge in [0, 0.05) is 24.2 Å². The number of amides is 1. The standard InChI is InChI=1S/C13H17ClN2O3/c1-4-7-15(9(2)3)13(17)10-5-6-12(16(18)19)11(14)8-10/h5-6,8-9H,4,7H2,1-3H3. The van der Waals surface area contributed by atoms with Gasteiger partial charge in [-0.2, -0.15) is 0 Å². The summed E-state index contributed by atoms with van der Waals surface area (Å²) in [6.45, 7) is 6.50. The van der Waals surface area contributed by atoms with Crippen LogP contribution >= 0.6 is 11.6 Å². The van der Waals surface area contributed by atoms with Crippen molar-refractivity contribution in [1.29, 1.82) is 0 Å². The molecule has 0 fully saturated rings. The van der Waals surface area contributed by atoms with Gasteiger partial charge >= 0.3 is 0 Å². The van der Waals surface area contributed by atoms with E-state index in [1.807, 2.05) is 20.8 Å². The number of nitro groups is 1. The number of nitro benzene ring substituents is 1. The maximum Gasteiger partial charge on any atom is 0.287 e. The Labute approximate surface area is 117 Å². The van der Waals surface area contributed by atoms with Crippen molar-refractivity contribution in [3.63, 3.8) is 0 Å². The van der Waals surface area contributed by atoms with Crippen LogP contribution in [0.1, 0.15) is 37.6 Å². The van der Waals surface area contributed by atoms with Crippen LogP contribution in [0.25, 0.3) is 0 Å². The molecule has 0 spiro atoms. The second-order valence-corrected chi connectivity index (χ2v) is 4.92. The van der Waals surface area contributed by atoms with Gasteiger partial charge in [0.05, 0.1) is 4.92 Å². The highest BCUT2D eigenvalue weighted by molar-refractivity contribution is 6.33. The molecule has 0 unspecified atom stereocenters. The summed E-state index contributed by atoms with van der Waals surface area (Å²) in [5, 5.41) is 10.7. The lowest BCUT2D eigenvalue weighted by Gasteiger charge is -2.26. The number of hydrogen-bond acceptors (Lipinski definition) is 3. The molecule has 19 heavy (non-hydrogen) atoms. The third-order valence-electron chi connectivity index (χ3n) is 2.74. The fourth-order valence-corrected chi connectivity index (χ4v) is 2.04. The van der Waals surface area contributed by atoms with Gasteiger partial charge < -0.3 is 4.90 Å². The summed E-state index contributed by atoms with van der Waals surface area (Å²) in [6, 6.07) is 4.13. The summed E-state index contributed by atoms with van der Waals surface area (Å²) in [5.41, 5.74) is 0.183. The Morgan fingerprint density at radius 1 is 1.47 bits per heavy atom. The van der Waals surface area contributed by atoms with Crippen molar-refractivity contribution in [2.75, 3.05) is 6.54 Å². The fourth-order valence-electron chi connectivity index (χ4n) is 1.79. The van der Waals surface area contributed by atoms with E-state index in [9.17, 15) is 14.9 Å². The van der Waals surface area contributed by atoms with Crippen molar-refractivity contribution in [3.8, 4) is 0 Å². The molecule has 0 radical (unpaired) electrons. The van der Waals surface area contributed by atoms with Crippen molar-refractivity contribution in [2.24, 2.45) is 0 Å². The van der Waals surface area contributed by atoms with Crippen LogP contribution in [-0.2, 0) is 0 Å². The topological polar surface area (TPSA) is 63.5 Å². The van der Waals surface area contributed by atoms with E-state index in [4.69, 9.17) is 11.6 Å². The molecule has 1 amide bonds. The maximum atomic E-state index is 12.3. The smallest absolute Gasteiger partial charge is 0.287 e. The quantitative estimate of drug-likeness (QED) is 0.614. The van der Waals surface area contributed by atoms with Gasteiger partial charge in [-0.15, -0.1) is 0 Å². The minimum Gasteiger partial charge on any atom is -0.336 e. The highest BCUT2D eigenvalue weighted by Crippen LogP contribution is 2.25. The van der Waals surface area contributed by atoms with Crippen LogP contribution < -0.4 is 0 Å². The fraction of sp³-hybridized carbons (Fsp3) is 0.462. The summed E-state index contributed by atoms with van der Waals surface area (Å²) in [7, 11) is 0. The zero-order valence-corrected chi connectivity index (χ0v) is 12.0. The Balaban J connectivity index is 3.05. The van der Waals surface area contributed by atoms with Gasteiger partial charge in [-0.05, 0) is 32.4 Å². The number of hydrogen-bond donors (Lipinski definition) is 0. The maximum absolute atomic E-state index is 12.3. The Kier molecular flexibility index (Phi) is 5.30. The molecule has 6 heteroatoms. The van der Waals surface area contributed by atoms with Gasteiger partial charge in [-0.1, -0.05) is 18.5 Å². The Bertz CT molecular complexity index is 489. The third-order valence-corrected chi connectivity index (χ3v) is 3.04. The molecule has 0 aliphatic heterocycles. The molecule has 5 nitrogen and oxygen atoms in total. The number of nitrogens with zero attached hydrogens (tertiary/aromatic N) is 2. The summed E-state index contributed by atoms with van der Waals surface area (Å²) < 4.78 is 0. The third kappa shape index (κ3) is 3.67. The largest absolute Gasteiger partial charge is 0.336 e. The van der Waals surface area contributed by atoms with Gasteiger partial charge in [0.1, 0.15) is 5.02 Å². The highest BCUT2D eigenvalue weighted by Gasteiger charge is 2.20. The number of benzene rings is 1. The number of halogens is 1. The molecular formula is C13H17ClN2O3. The molecule has 0 aliphatic rings. The number of rotatable bonds is 5. The lowest BCUT2D eigenvalue weighted by molar-refractivity contribution is -0.384. The molecule has 1 rings (SSSR count). The van der Waals surface area contributed by atoms with Crippen molar-refractivity contribution in [1.82, 2.24) is 4.90 Å². The molecule has 0 bridgehead atoms. The van der Waals surface area contributed by atoms with Crippen LogP contribution in [0.15, 0.2) is 18.2 Å². The molecule has 0 aromatic heterocycles. The second-order valence-electron chi connectivity index (χ2n) is 4.52. The first-order valence-electron chi connectivity index (χ1n) is 6.13. The van der Waals surface area contributed by atoms with Gasteiger partial charge in [0.2, 0.25) is 0 Å². The first-order valence-corrected chi connectivity index (χ1v) is 6.51. The molecule has 1 aromatic carbocycles. The summed E-state index contributed by atoms with van der Waals surface area (Å²) in [6.07, 6.45) is 0.852. The average molecular weight is 285 g/mol. The summed E-state index contributed by atoms with van der Waals surface area (Å²) in [4.78, 5) is 24.1. The van der Waals surface area contributed by atoms with Gasteiger partial charge in [0.15, 0.2) is 0 Å². The Morgan fingerprint density at radius 2 is 2.11 bits per heavy atom. The van der Waals surface area contributed by atoms with E-state index < -0.39 is 4.92 Å². The summed E-state index contributed by atoms with van der Waals surface area (Å²) >= 11 is 5.82. The first kappa shape index (κ1) is 15.4. The van der Waals surface area contributed by atoms with E-state index in [0.717, 1.165) is 6.42 Å². The molecule has 0 saturated heterocycles. The van der Waals surface area contributed by atoms with Crippen LogP contribution in [0.5, 0.6) is 0 Å². The van der Waals surface area contributed by atoms with E-state index in [1.165, 1.54) is 18.2 Å². The molecule has 0 N–H and O–H groups in total. The molecule has 104 valence electrons. The van der Waals surface area contributed by atoms with Crippen LogP contribution in [0.2, 0.25) is 5.02 Å². The average Bonchev–Trinajstić information content (AvgIpc) is 2.34. The molecule has 1 aromatic rings. The highest BCUT2D eigenvalue weighted by atomic mass is 35.5. The minimum absolute atomic E-state index is 0.0175. The van der Waals surface area contributed by atoms with E-state index in [2.05, 4.69) is 0 Å². The number of carbonyl (C=O) groups excluding carboxylic acids is 1. The molecule has 0 heterocycles. The van der Waals surface area contributed by atoms with Crippen molar-refractivity contribution >= 4 is 23.2 Å². The van der Waals surface area contributed by atoms with Crippen molar-refractivity contribution in [3.05, 3.63) is 38.9 Å². The summed E-state index contributed by atoms with van der Waals surface area (Å²) in [5.74, 6) is -0.159. The first-order chi connectivity index (χ1) is 8.88. The lowest BCUT2D eigenvalue weighted by Crippen LogP contribution is -2.37. The van der Waals surface area contributed by atoms with E-state index in [0.29, 0.717) is 12.1 Å². The van der Waals surface area contributed by atoms with Crippen LogP contribution in [-0.4, -0.2) is 28.3 Å². The van der Waals surface area contributed by atoms with Crippen LogP contribution in [0.3, 0.4) is 0 Å². The monoisotopic (exact) mass is 284 g/mol. The van der Waals surface area contributed by atoms with Crippen LogP contribution in [0, 0.1) is 10.1 Å². The van der Waals surface area contributed by atoms with E-state index in [1.54, 1.807) is 4.90 Å². The van der Waals surface area contributed by atoms with Gasteiger partial charge in [0.25, 0.3) is 11.6 Å². The molecule has 0 atom stereocenters. The molecule has 0 aliphatic carbocycles. The Hall–Kier alpha value is -1.62. The SMILES string of the molecule is CCCN(C(=O)c1ccc([N+](=O)[O-])c(Cl)c1)C(C)C. The van der Waals surface area contributed by atoms with E-state index >= 15 is 0 Å². The number of carbonyl (C=O) groups is 1. The zero-order chi connectivity index (χ0) is 14.6. The molecular weight excluding hydrogens is 268 g/mol. The lowest BCUT2D eigenvalue weighted by atomic mass is 10.1. The van der Waals surface area contributed by atoms with Gasteiger partial charge in [-0.25, -0.2) is 0 Å². The normalized spacial score (nSPS) is 10.6.